The molecule has 1 N–H and O–H groups in total. The van der Waals surface area contributed by atoms with E-state index in [1.54, 1.807) is 23.1 Å². The number of rotatable bonds is 4. The average molecular weight is 380 g/mol. The van der Waals surface area contributed by atoms with Crippen molar-refractivity contribution in [1.29, 1.82) is 0 Å². The van der Waals surface area contributed by atoms with Gasteiger partial charge in [-0.05, 0) is 42.5 Å². The van der Waals surface area contributed by atoms with Gasteiger partial charge in [-0.1, -0.05) is 36.4 Å². The lowest BCUT2D eigenvalue weighted by Gasteiger charge is -2.09. The van der Waals surface area contributed by atoms with Gasteiger partial charge in [0.1, 0.15) is 11.4 Å². The molecule has 3 heterocycles. The molecule has 4 aromatic rings. The fourth-order valence-electron chi connectivity index (χ4n) is 3.16. The highest BCUT2D eigenvalue weighted by Crippen LogP contribution is 2.36. The highest BCUT2D eigenvalue weighted by molar-refractivity contribution is 6.20. The van der Waals surface area contributed by atoms with Gasteiger partial charge in [0.05, 0.1) is 5.69 Å². The first-order valence-corrected chi connectivity index (χ1v) is 9.11. The Morgan fingerprint density at radius 2 is 1.66 bits per heavy atom. The topological polar surface area (TPSA) is 72.5 Å². The predicted molar refractivity (Wildman–Crippen MR) is 112 cm³/mol. The van der Waals surface area contributed by atoms with Gasteiger partial charge in [-0.15, -0.1) is 0 Å². The van der Waals surface area contributed by atoms with Crippen LogP contribution in [0.3, 0.4) is 0 Å². The molecular weight excluding hydrogens is 364 g/mol. The van der Waals surface area contributed by atoms with E-state index in [1.807, 2.05) is 72.8 Å². The van der Waals surface area contributed by atoms with Gasteiger partial charge in [0, 0.05) is 23.5 Å². The summed E-state index contributed by atoms with van der Waals surface area (Å²) in [5.41, 5.74) is 2.85. The number of allylic oxidation sites excluding steroid dienone is 1. The molecule has 29 heavy (non-hydrogen) atoms. The molecule has 0 unspecified atom stereocenters. The van der Waals surface area contributed by atoms with Crippen molar-refractivity contribution in [2.45, 2.75) is 0 Å². The molecule has 0 spiro atoms. The van der Waals surface area contributed by atoms with Crippen LogP contribution in [0.2, 0.25) is 0 Å². The summed E-state index contributed by atoms with van der Waals surface area (Å²) in [5.74, 6) is 1.27. The van der Waals surface area contributed by atoms with E-state index in [0.717, 1.165) is 16.8 Å². The SMILES string of the molecule is Oc1c(/C=C2/C=Nc3ncccc32)nc(Oc2ccccc2)n1-c1ccccc1. The Hall–Kier alpha value is -4.19. The number of ether oxygens (including phenoxy) is 1. The lowest BCUT2D eigenvalue weighted by molar-refractivity contribution is 0.403. The van der Waals surface area contributed by atoms with Crippen LogP contribution in [0.4, 0.5) is 5.82 Å². The molecule has 0 radical (unpaired) electrons. The zero-order chi connectivity index (χ0) is 19.6. The highest BCUT2D eigenvalue weighted by Gasteiger charge is 2.21. The standard InChI is InChI=1S/C23H16N4O2/c28-22-20(14-16-15-25-21-19(16)12-7-13-24-21)26-23(29-18-10-5-2-6-11-18)27(22)17-8-3-1-4-9-17/h1-15,28H/b16-14-. The van der Waals surface area contributed by atoms with Gasteiger partial charge in [0.25, 0.3) is 0 Å². The van der Waals surface area contributed by atoms with Crippen molar-refractivity contribution in [3.63, 3.8) is 0 Å². The third-order valence-electron chi connectivity index (χ3n) is 4.53. The Labute approximate surface area is 167 Å². The highest BCUT2D eigenvalue weighted by atomic mass is 16.5. The summed E-state index contributed by atoms with van der Waals surface area (Å²) in [6.07, 6.45) is 5.20. The minimum Gasteiger partial charge on any atom is -0.493 e. The second kappa shape index (κ2) is 7.09. The average Bonchev–Trinajstić information content (AvgIpc) is 3.31. The molecular formula is C23H16N4O2. The van der Waals surface area contributed by atoms with Crippen LogP contribution in [0, 0.1) is 0 Å². The maximum absolute atomic E-state index is 11.0. The molecule has 0 fully saturated rings. The number of aromatic hydroxyl groups is 1. The molecule has 0 atom stereocenters. The minimum absolute atomic E-state index is 0.0135. The Kier molecular flexibility index (Phi) is 4.14. The number of para-hydroxylation sites is 2. The first-order chi connectivity index (χ1) is 14.3. The van der Waals surface area contributed by atoms with Crippen LogP contribution >= 0.6 is 0 Å². The van der Waals surface area contributed by atoms with Crippen LogP contribution in [-0.4, -0.2) is 25.9 Å². The summed E-state index contributed by atoms with van der Waals surface area (Å²) in [5, 5.41) is 11.0. The lowest BCUT2D eigenvalue weighted by atomic mass is 10.1. The number of imidazole rings is 1. The van der Waals surface area contributed by atoms with Crippen molar-refractivity contribution in [1.82, 2.24) is 14.5 Å². The van der Waals surface area contributed by atoms with E-state index in [1.165, 1.54) is 0 Å². The monoisotopic (exact) mass is 380 g/mol. The first-order valence-electron chi connectivity index (χ1n) is 9.11. The molecule has 0 saturated heterocycles. The van der Waals surface area contributed by atoms with Gasteiger partial charge < -0.3 is 9.84 Å². The summed E-state index contributed by atoms with van der Waals surface area (Å²) in [4.78, 5) is 13.1. The Bertz CT molecular complexity index is 1230. The Morgan fingerprint density at radius 1 is 0.897 bits per heavy atom. The summed E-state index contributed by atoms with van der Waals surface area (Å²) in [6.45, 7) is 0. The molecule has 6 nitrogen and oxygen atoms in total. The second-order valence-corrected chi connectivity index (χ2v) is 6.42. The van der Waals surface area contributed by atoms with Gasteiger partial charge in [0.2, 0.25) is 5.88 Å². The molecule has 0 bridgehead atoms. The van der Waals surface area contributed by atoms with Gasteiger partial charge in [0.15, 0.2) is 5.82 Å². The van der Waals surface area contributed by atoms with Crippen molar-refractivity contribution in [3.05, 3.63) is 90.3 Å². The molecule has 2 aromatic heterocycles. The maximum Gasteiger partial charge on any atom is 0.310 e. The molecule has 5 rings (SSSR count). The van der Waals surface area contributed by atoms with Crippen molar-refractivity contribution in [2.24, 2.45) is 4.99 Å². The summed E-state index contributed by atoms with van der Waals surface area (Å²) < 4.78 is 7.55. The van der Waals surface area contributed by atoms with Crippen LogP contribution in [-0.2, 0) is 0 Å². The van der Waals surface area contributed by atoms with Gasteiger partial charge in [-0.25, -0.2) is 14.5 Å². The zero-order valence-corrected chi connectivity index (χ0v) is 15.3. The van der Waals surface area contributed by atoms with Crippen molar-refractivity contribution in [2.75, 3.05) is 0 Å². The molecule has 0 aliphatic carbocycles. The Balaban J connectivity index is 1.62. The van der Waals surface area contributed by atoms with E-state index >= 15 is 0 Å². The molecule has 1 aliphatic rings. The fourth-order valence-corrected chi connectivity index (χ4v) is 3.16. The number of hydrogen-bond donors (Lipinski definition) is 1. The molecule has 2 aromatic carbocycles. The summed E-state index contributed by atoms with van der Waals surface area (Å²) >= 11 is 0. The molecule has 1 aliphatic heterocycles. The van der Waals surface area contributed by atoms with E-state index in [4.69, 9.17) is 4.74 Å². The van der Waals surface area contributed by atoms with Gasteiger partial charge in [-0.2, -0.15) is 4.98 Å². The Morgan fingerprint density at radius 3 is 2.45 bits per heavy atom. The maximum atomic E-state index is 11.0. The number of nitrogens with zero attached hydrogens (tertiary/aromatic N) is 4. The molecule has 0 saturated carbocycles. The quantitative estimate of drug-likeness (QED) is 0.539. The van der Waals surface area contributed by atoms with Crippen LogP contribution < -0.4 is 4.74 Å². The fraction of sp³-hybridized carbons (Fsp3) is 0. The first kappa shape index (κ1) is 16.9. The van der Waals surface area contributed by atoms with E-state index in [9.17, 15) is 5.11 Å². The normalized spacial score (nSPS) is 13.6. The van der Waals surface area contributed by atoms with Crippen LogP contribution in [0.5, 0.6) is 17.6 Å². The molecule has 140 valence electrons. The van der Waals surface area contributed by atoms with Crippen molar-refractivity contribution >= 4 is 23.7 Å². The van der Waals surface area contributed by atoms with Crippen molar-refractivity contribution in [3.8, 4) is 23.3 Å². The van der Waals surface area contributed by atoms with Crippen molar-refractivity contribution < 1.29 is 9.84 Å². The lowest BCUT2D eigenvalue weighted by Crippen LogP contribution is -1.97. The molecule has 6 heteroatoms. The van der Waals surface area contributed by atoms with Gasteiger partial charge in [-0.3, -0.25) is 0 Å². The van der Waals surface area contributed by atoms with Crippen LogP contribution in [0.25, 0.3) is 17.3 Å². The van der Waals surface area contributed by atoms with E-state index in [0.29, 0.717) is 17.3 Å². The largest absolute Gasteiger partial charge is 0.493 e. The van der Waals surface area contributed by atoms with E-state index in [-0.39, 0.29) is 11.9 Å². The number of fused-ring (bicyclic) bond motifs is 1. The van der Waals surface area contributed by atoms with Gasteiger partial charge >= 0.3 is 6.01 Å². The number of hydrogen-bond acceptors (Lipinski definition) is 5. The second-order valence-electron chi connectivity index (χ2n) is 6.42. The minimum atomic E-state index is -0.0135. The van der Waals surface area contributed by atoms with Crippen LogP contribution in [0.15, 0.2) is 84.0 Å². The predicted octanol–water partition coefficient (Wildman–Crippen LogP) is 5.02. The number of benzene rings is 2. The third-order valence-corrected chi connectivity index (χ3v) is 4.53. The summed E-state index contributed by atoms with van der Waals surface area (Å²) in [6, 6.07) is 22.9. The van der Waals surface area contributed by atoms with E-state index < -0.39 is 0 Å². The summed E-state index contributed by atoms with van der Waals surface area (Å²) in [7, 11) is 0. The van der Waals surface area contributed by atoms with E-state index in [2.05, 4.69) is 15.0 Å². The number of aromatic nitrogens is 3. The number of aliphatic imine (C=N–C) groups is 1. The molecule has 0 amide bonds. The third kappa shape index (κ3) is 3.17. The van der Waals surface area contributed by atoms with Crippen LogP contribution in [0.1, 0.15) is 11.3 Å². The number of pyridine rings is 1. The smallest absolute Gasteiger partial charge is 0.310 e. The zero-order valence-electron chi connectivity index (χ0n) is 15.3.